The Bertz CT molecular complexity index is 497. The molecule has 0 spiro atoms. The van der Waals surface area contributed by atoms with Crippen LogP contribution in [0.4, 0.5) is 0 Å². The molecule has 1 amide bonds. The van der Waals surface area contributed by atoms with Crippen LogP contribution in [0.15, 0.2) is 12.3 Å². The predicted molar refractivity (Wildman–Crippen MR) is 77.7 cm³/mol. The minimum Gasteiger partial charge on any atom is -0.338 e. The van der Waals surface area contributed by atoms with E-state index in [-0.39, 0.29) is 16.5 Å². The fourth-order valence-electron chi connectivity index (χ4n) is 2.37. The van der Waals surface area contributed by atoms with E-state index in [4.69, 9.17) is 23.2 Å². The number of likely N-dealkylation sites (tertiary alicyclic amines) is 1. The number of rotatable bonds is 1. The molecule has 2 heterocycles. The van der Waals surface area contributed by atoms with Gasteiger partial charge in [0.15, 0.2) is 0 Å². The average molecular weight is 301 g/mol. The maximum atomic E-state index is 12.4. The summed E-state index contributed by atoms with van der Waals surface area (Å²) in [7, 11) is 0. The lowest BCUT2D eigenvalue weighted by atomic mass is 9.80. The van der Waals surface area contributed by atoms with Gasteiger partial charge in [0.2, 0.25) is 0 Å². The number of hydrogen-bond donors (Lipinski definition) is 0. The van der Waals surface area contributed by atoms with E-state index in [1.165, 1.54) is 6.20 Å². The normalized spacial score (nSPS) is 19.8. The zero-order valence-corrected chi connectivity index (χ0v) is 12.9. The first-order valence-corrected chi connectivity index (χ1v) is 7.15. The summed E-state index contributed by atoms with van der Waals surface area (Å²) < 4.78 is 0. The van der Waals surface area contributed by atoms with E-state index in [9.17, 15) is 4.79 Å². The maximum absolute atomic E-state index is 12.4. The number of aromatic nitrogens is 1. The largest absolute Gasteiger partial charge is 0.338 e. The first kappa shape index (κ1) is 14.6. The third-order valence-corrected chi connectivity index (χ3v) is 4.43. The van der Waals surface area contributed by atoms with Crippen LogP contribution in [0.3, 0.4) is 0 Å². The predicted octanol–water partition coefficient (Wildman–Crippen LogP) is 3.90. The minimum absolute atomic E-state index is 0.0159. The van der Waals surface area contributed by atoms with Crippen LogP contribution in [0.5, 0.6) is 0 Å². The number of halogens is 2. The van der Waals surface area contributed by atoms with Crippen LogP contribution < -0.4 is 0 Å². The SMILES string of the molecule is CC(C)(C)C1CCN(C(=O)c2cnc(Cl)c(Cl)c2)C1. The van der Waals surface area contributed by atoms with Gasteiger partial charge in [0.1, 0.15) is 5.15 Å². The van der Waals surface area contributed by atoms with Gasteiger partial charge in [-0.15, -0.1) is 0 Å². The fourth-order valence-corrected chi connectivity index (χ4v) is 2.64. The van der Waals surface area contributed by atoms with Crippen molar-refractivity contribution < 1.29 is 4.79 Å². The maximum Gasteiger partial charge on any atom is 0.255 e. The highest BCUT2D eigenvalue weighted by Crippen LogP contribution is 2.34. The Hall–Kier alpha value is -0.800. The van der Waals surface area contributed by atoms with E-state index in [1.54, 1.807) is 6.07 Å². The van der Waals surface area contributed by atoms with E-state index >= 15 is 0 Å². The van der Waals surface area contributed by atoms with Crippen molar-refractivity contribution in [3.8, 4) is 0 Å². The molecule has 1 aliphatic heterocycles. The van der Waals surface area contributed by atoms with Crippen LogP contribution in [-0.4, -0.2) is 28.9 Å². The molecule has 1 unspecified atom stereocenters. The molecule has 2 rings (SSSR count). The van der Waals surface area contributed by atoms with Gasteiger partial charge in [0.25, 0.3) is 5.91 Å². The second-order valence-electron chi connectivity index (χ2n) is 6.10. The molecule has 0 radical (unpaired) electrons. The molecular formula is C14H18Cl2N2O. The number of carbonyl (C=O) groups is 1. The van der Waals surface area contributed by atoms with Crippen LogP contribution in [0.25, 0.3) is 0 Å². The molecule has 1 atom stereocenters. The summed E-state index contributed by atoms with van der Waals surface area (Å²) >= 11 is 11.7. The molecule has 1 aromatic rings. The Labute approximate surface area is 123 Å². The molecule has 1 aromatic heterocycles. The summed E-state index contributed by atoms with van der Waals surface area (Å²) in [6, 6.07) is 1.59. The van der Waals surface area contributed by atoms with Gasteiger partial charge in [-0.1, -0.05) is 44.0 Å². The van der Waals surface area contributed by atoms with Gasteiger partial charge < -0.3 is 4.90 Å². The van der Waals surface area contributed by atoms with Crippen molar-refractivity contribution in [1.29, 1.82) is 0 Å². The van der Waals surface area contributed by atoms with Gasteiger partial charge >= 0.3 is 0 Å². The van der Waals surface area contributed by atoms with Gasteiger partial charge in [-0.3, -0.25) is 4.79 Å². The number of carbonyl (C=O) groups excluding carboxylic acids is 1. The monoisotopic (exact) mass is 300 g/mol. The fraction of sp³-hybridized carbons (Fsp3) is 0.571. The summed E-state index contributed by atoms with van der Waals surface area (Å²) in [5, 5.41) is 0.547. The summed E-state index contributed by atoms with van der Waals surface area (Å²) in [4.78, 5) is 18.2. The molecule has 19 heavy (non-hydrogen) atoms. The number of pyridine rings is 1. The average Bonchev–Trinajstić information content (AvgIpc) is 2.81. The van der Waals surface area contributed by atoms with Gasteiger partial charge in [-0.05, 0) is 23.8 Å². The molecular weight excluding hydrogens is 283 g/mol. The summed E-state index contributed by atoms with van der Waals surface area (Å²) in [5.74, 6) is 0.519. The molecule has 1 fully saturated rings. The van der Waals surface area contributed by atoms with Crippen molar-refractivity contribution in [2.24, 2.45) is 11.3 Å². The molecule has 1 aliphatic rings. The van der Waals surface area contributed by atoms with Gasteiger partial charge in [0.05, 0.1) is 10.6 Å². The van der Waals surface area contributed by atoms with E-state index in [0.717, 1.165) is 19.5 Å². The summed E-state index contributed by atoms with van der Waals surface area (Å²) in [5.41, 5.74) is 0.731. The van der Waals surface area contributed by atoms with Crippen LogP contribution in [0.1, 0.15) is 37.6 Å². The number of hydrogen-bond acceptors (Lipinski definition) is 2. The molecule has 5 heteroatoms. The van der Waals surface area contributed by atoms with Crippen molar-refractivity contribution in [2.45, 2.75) is 27.2 Å². The second kappa shape index (κ2) is 5.29. The quantitative estimate of drug-likeness (QED) is 0.737. The van der Waals surface area contributed by atoms with Crippen LogP contribution >= 0.6 is 23.2 Å². The molecule has 0 aromatic carbocycles. The Morgan fingerprint density at radius 2 is 2.11 bits per heavy atom. The van der Waals surface area contributed by atoms with Gasteiger partial charge in [-0.2, -0.15) is 0 Å². The Morgan fingerprint density at radius 1 is 1.42 bits per heavy atom. The molecule has 3 nitrogen and oxygen atoms in total. The topological polar surface area (TPSA) is 33.2 Å². The van der Waals surface area contributed by atoms with E-state index in [2.05, 4.69) is 25.8 Å². The summed E-state index contributed by atoms with van der Waals surface area (Å²) in [6.45, 7) is 8.23. The van der Waals surface area contributed by atoms with Crippen molar-refractivity contribution in [1.82, 2.24) is 9.88 Å². The van der Waals surface area contributed by atoms with E-state index < -0.39 is 0 Å². The van der Waals surface area contributed by atoms with Gasteiger partial charge in [-0.25, -0.2) is 4.98 Å². The highest BCUT2D eigenvalue weighted by Gasteiger charge is 2.34. The standard InChI is InChI=1S/C14H18Cl2N2O/c1-14(2,3)10-4-5-18(8-10)13(19)9-6-11(15)12(16)17-7-9/h6-7,10H,4-5,8H2,1-3H3. The van der Waals surface area contributed by atoms with Crippen LogP contribution in [-0.2, 0) is 0 Å². The molecule has 1 saturated heterocycles. The third kappa shape index (κ3) is 3.21. The Morgan fingerprint density at radius 3 is 2.63 bits per heavy atom. The minimum atomic E-state index is -0.0159. The zero-order chi connectivity index (χ0) is 14.2. The summed E-state index contributed by atoms with van der Waals surface area (Å²) in [6.07, 6.45) is 2.53. The first-order valence-electron chi connectivity index (χ1n) is 6.39. The van der Waals surface area contributed by atoms with Crippen molar-refractivity contribution in [3.63, 3.8) is 0 Å². The Kier molecular flexibility index (Phi) is 4.07. The highest BCUT2D eigenvalue weighted by atomic mass is 35.5. The van der Waals surface area contributed by atoms with E-state index in [0.29, 0.717) is 16.5 Å². The first-order chi connectivity index (χ1) is 8.79. The molecule has 0 aliphatic carbocycles. The van der Waals surface area contributed by atoms with Crippen LogP contribution in [0.2, 0.25) is 10.2 Å². The lowest BCUT2D eigenvalue weighted by Crippen LogP contribution is -2.31. The highest BCUT2D eigenvalue weighted by molar-refractivity contribution is 6.41. The molecule has 104 valence electrons. The lowest BCUT2D eigenvalue weighted by Gasteiger charge is -2.27. The Balaban J connectivity index is 2.11. The zero-order valence-electron chi connectivity index (χ0n) is 11.4. The molecule has 0 N–H and O–H groups in total. The third-order valence-electron chi connectivity index (χ3n) is 3.74. The van der Waals surface area contributed by atoms with Crippen molar-refractivity contribution in [2.75, 3.05) is 13.1 Å². The van der Waals surface area contributed by atoms with Crippen molar-refractivity contribution in [3.05, 3.63) is 28.0 Å². The smallest absolute Gasteiger partial charge is 0.255 e. The second-order valence-corrected chi connectivity index (χ2v) is 6.86. The van der Waals surface area contributed by atoms with Crippen LogP contribution in [0, 0.1) is 11.3 Å². The molecule has 0 bridgehead atoms. The number of amides is 1. The molecule has 0 saturated carbocycles. The number of nitrogens with zero attached hydrogens (tertiary/aromatic N) is 2. The van der Waals surface area contributed by atoms with E-state index in [1.807, 2.05) is 4.90 Å². The van der Waals surface area contributed by atoms with Crippen molar-refractivity contribution >= 4 is 29.1 Å². The lowest BCUT2D eigenvalue weighted by molar-refractivity contribution is 0.0776. The van der Waals surface area contributed by atoms with Gasteiger partial charge in [0, 0.05) is 19.3 Å².